The zero-order valence-corrected chi connectivity index (χ0v) is 11.6. The SMILES string of the molecule is CC(C)(C)c1cc(CN2CCC2)cc(C(F)(F)F)c1. The molecule has 0 saturated carbocycles. The molecule has 4 heteroatoms. The highest BCUT2D eigenvalue weighted by Crippen LogP contribution is 2.34. The third kappa shape index (κ3) is 3.50. The van der Waals surface area contributed by atoms with Gasteiger partial charge in [-0.3, -0.25) is 4.90 Å². The molecule has 0 bridgehead atoms. The van der Waals surface area contributed by atoms with Crippen LogP contribution in [0.1, 0.15) is 43.9 Å². The van der Waals surface area contributed by atoms with Crippen molar-refractivity contribution in [3.63, 3.8) is 0 Å². The lowest BCUT2D eigenvalue weighted by molar-refractivity contribution is -0.137. The molecule has 106 valence electrons. The van der Waals surface area contributed by atoms with Gasteiger partial charge in [0.1, 0.15) is 0 Å². The van der Waals surface area contributed by atoms with Crippen LogP contribution in [0.25, 0.3) is 0 Å². The second-order valence-electron chi connectivity index (χ2n) is 6.30. The normalized spacial score (nSPS) is 17.4. The molecule has 1 saturated heterocycles. The summed E-state index contributed by atoms with van der Waals surface area (Å²) < 4.78 is 38.9. The number of hydrogen-bond acceptors (Lipinski definition) is 1. The molecule has 1 fully saturated rings. The Balaban J connectivity index is 2.36. The van der Waals surface area contributed by atoms with Gasteiger partial charge in [0, 0.05) is 6.54 Å². The number of likely N-dealkylation sites (tertiary alicyclic amines) is 1. The molecule has 0 amide bonds. The van der Waals surface area contributed by atoms with Gasteiger partial charge in [-0.1, -0.05) is 26.8 Å². The summed E-state index contributed by atoms with van der Waals surface area (Å²) in [6.07, 6.45) is -3.13. The predicted octanol–water partition coefficient (Wildman–Crippen LogP) is 4.21. The van der Waals surface area contributed by atoms with Crippen molar-refractivity contribution >= 4 is 0 Å². The van der Waals surface area contributed by atoms with Crippen molar-refractivity contribution < 1.29 is 13.2 Å². The molecular formula is C15H20F3N. The van der Waals surface area contributed by atoms with E-state index in [1.165, 1.54) is 12.1 Å². The summed E-state index contributed by atoms with van der Waals surface area (Å²) in [5, 5.41) is 0. The minimum Gasteiger partial charge on any atom is -0.299 e. The topological polar surface area (TPSA) is 3.24 Å². The van der Waals surface area contributed by atoms with E-state index in [1.807, 2.05) is 26.8 Å². The van der Waals surface area contributed by atoms with Crippen LogP contribution in [-0.2, 0) is 18.1 Å². The summed E-state index contributed by atoms with van der Waals surface area (Å²) in [4.78, 5) is 2.17. The molecule has 2 rings (SSSR count). The van der Waals surface area contributed by atoms with E-state index in [2.05, 4.69) is 4.90 Å². The lowest BCUT2D eigenvalue weighted by atomic mass is 9.85. The Bertz CT molecular complexity index is 421. The molecule has 0 aromatic heterocycles. The smallest absolute Gasteiger partial charge is 0.299 e. The van der Waals surface area contributed by atoms with E-state index >= 15 is 0 Å². The first-order valence-corrected chi connectivity index (χ1v) is 6.60. The Kier molecular flexibility index (Phi) is 3.65. The lowest BCUT2D eigenvalue weighted by Crippen LogP contribution is -2.36. The summed E-state index contributed by atoms with van der Waals surface area (Å²) in [6.45, 7) is 8.41. The van der Waals surface area contributed by atoms with Gasteiger partial charge in [-0.2, -0.15) is 13.2 Å². The van der Waals surface area contributed by atoms with Gasteiger partial charge in [0.2, 0.25) is 0 Å². The highest BCUT2D eigenvalue weighted by Gasteiger charge is 2.32. The molecule has 19 heavy (non-hydrogen) atoms. The van der Waals surface area contributed by atoms with Crippen molar-refractivity contribution in [1.29, 1.82) is 0 Å². The number of alkyl halides is 3. The molecule has 0 spiro atoms. The van der Waals surface area contributed by atoms with E-state index in [0.29, 0.717) is 6.54 Å². The molecule has 0 radical (unpaired) electrons. The van der Waals surface area contributed by atoms with Gasteiger partial charge < -0.3 is 0 Å². The number of benzene rings is 1. The van der Waals surface area contributed by atoms with Crippen molar-refractivity contribution in [3.8, 4) is 0 Å². The minimum absolute atomic E-state index is 0.273. The van der Waals surface area contributed by atoms with Crippen molar-refractivity contribution in [2.45, 2.75) is 45.3 Å². The van der Waals surface area contributed by atoms with E-state index in [-0.39, 0.29) is 5.41 Å². The summed E-state index contributed by atoms with van der Waals surface area (Å²) >= 11 is 0. The molecule has 0 aliphatic carbocycles. The summed E-state index contributed by atoms with van der Waals surface area (Å²) in [5.74, 6) is 0. The molecule has 1 aromatic rings. The highest BCUT2D eigenvalue weighted by atomic mass is 19.4. The molecule has 0 N–H and O–H groups in total. The maximum atomic E-state index is 13.0. The second-order valence-corrected chi connectivity index (χ2v) is 6.30. The fraction of sp³-hybridized carbons (Fsp3) is 0.600. The molecule has 1 aliphatic heterocycles. The van der Waals surface area contributed by atoms with Crippen LogP contribution in [0.4, 0.5) is 13.2 Å². The van der Waals surface area contributed by atoms with Gasteiger partial charge in [0.15, 0.2) is 0 Å². The third-order valence-corrected chi connectivity index (χ3v) is 3.54. The Morgan fingerprint density at radius 2 is 1.58 bits per heavy atom. The maximum Gasteiger partial charge on any atom is 0.416 e. The maximum absolute atomic E-state index is 13.0. The van der Waals surface area contributed by atoms with Gasteiger partial charge in [-0.25, -0.2) is 0 Å². The zero-order valence-electron chi connectivity index (χ0n) is 11.6. The lowest BCUT2D eigenvalue weighted by Gasteiger charge is -2.31. The van der Waals surface area contributed by atoms with Crippen molar-refractivity contribution in [3.05, 3.63) is 34.9 Å². The second kappa shape index (κ2) is 4.82. The van der Waals surface area contributed by atoms with Gasteiger partial charge >= 0.3 is 6.18 Å². The Morgan fingerprint density at radius 3 is 2.00 bits per heavy atom. The van der Waals surface area contributed by atoms with Crippen LogP contribution in [0.15, 0.2) is 18.2 Å². The standard InChI is InChI=1S/C15H20F3N/c1-14(2,3)12-7-11(10-19-5-4-6-19)8-13(9-12)15(16,17)18/h7-9H,4-6,10H2,1-3H3. The number of nitrogens with zero attached hydrogens (tertiary/aromatic N) is 1. The largest absolute Gasteiger partial charge is 0.416 e. The zero-order chi connectivity index (χ0) is 14.3. The predicted molar refractivity (Wildman–Crippen MR) is 70.0 cm³/mol. The first kappa shape index (κ1) is 14.4. The quantitative estimate of drug-likeness (QED) is 0.779. The van der Waals surface area contributed by atoms with Crippen molar-refractivity contribution in [1.82, 2.24) is 4.90 Å². The van der Waals surface area contributed by atoms with Gasteiger partial charge in [0.25, 0.3) is 0 Å². The van der Waals surface area contributed by atoms with Gasteiger partial charge in [-0.05, 0) is 48.2 Å². The van der Waals surface area contributed by atoms with Crippen LogP contribution in [0.2, 0.25) is 0 Å². The average molecular weight is 271 g/mol. The van der Waals surface area contributed by atoms with Crippen molar-refractivity contribution in [2.75, 3.05) is 13.1 Å². The molecular weight excluding hydrogens is 251 g/mol. The molecule has 0 atom stereocenters. The molecule has 0 unspecified atom stereocenters. The molecule has 1 aromatic carbocycles. The van der Waals surface area contributed by atoms with E-state index < -0.39 is 11.7 Å². The summed E-state index contributed by atoms with van der Waals surface area (Å²) in [7, 11) is 0. The Hall–Kier alpha value is -1.03. The van der Waals surface area contributed by atoms with Crippen LogP contribution in [0.5, 0.6) is 0 Å². The van der Waals surface area contributed by atoms with Crippen molar-refractivity contribution in [2.24, 2.45) is 0 Å². The van der Waals surface area contributed by atoms with E-state index in [1.54, 1.807) is 0 Å². The Labute approximate surface area is 112 Å². The van der Waals surface area contributed by atoms with Gasteiger partial charge in [-0.15, -0.1) is 0 Å². The van der Waals surface area contributed by atoms with E-state index in [0.717, 1.165) is 30.6 Å². The Morgan fingerprint density at radius 1 is 1.00 bits per heavy atom. The number of rotatable bonds is 2. The highest BCUT2D eigenvalue weighted by molar-refractivity contribution is 5.35. The number of hydrogen-bond donors (Lipinski definition) is 0. The average Bonchev–Trinajstić information content (AvgIpc) is 2.21. The minimum atomic E-state index is -4.27. The van der Waals surface area contributed by atoms with E-state index in [9.17, 15) is 13.2 Å². The molecule has 1 heterocycles. The van der Waals surface area contributed by atoms with E-state index in [4.69, 9.17) is 0 Å². The fourth-order valence-electron chi connectivity index (χ4n) is 2.18. The van der Waals surface area contributed by atoms with Crippen LogP contribution in [-0.4, -0.2) is 18.0 Å². The first-order valence-electron chi connectivity index (χ1n) is 6.60. The first-order chi connectivity index (χ1) is 8.66. The fourth-order valence-corrected chi connectivity index (χ4v) is 2.18. The number of halogens is 3. The molecule has 1 aliphatic rings. The summed E-state index contributed by atoms with van der Waals surface area (Å²) in [6, 6.07) is 4.47. The molecule has 1 nitrogen and oxygen atoms in total. The van der Waals surface area contributed by atoms with Crippen LogP contribution < -0.4 is 0 Å². The van der Waals surface area contributed by atoms with Gasteiger partial charge in [0.05, 0.1) is 5.56 Å². The van der Waals surface area contributed by atoms with Crippen LogP contribution in [0, 0.1) is 0 Å². The third-order valence-electron chi connectivity index (χ3n) is 3.54. The van der Waals surface area contributed by atoms with Crippen LogP contribution in [0.3, 0.4) is 0 Å². The summed E-state index contributed by atoms with van der Waals surface area (Å²) in [5.41, 5.74) is 0.707. The monoisotopic (exact) mass is 271 g/mol. The van der Waals surface area contributed by atoms with Crippen LogP contribution >= 0.6 is 0 Å².